The van der Waals surface area contributed by atoms with Gasteiger partial charge in [-0.1, -0.05) is 18.2 Å². The zero-order chi connectivity index (χ0) is 25.7. The molecule has 0 radical (unpaired) electrons. The first-order valence-corrected chi connectivity index (χ1v) is 12.3. The quantitative estimate of drug-likeness (QED) is 0.434. The van der Waals surface area contributed by atoms with Gasteiger partial charge in [-0.05, 0) is 54.3 Å². The Morgan fingerprint density at radius 2 is 1.89 bits per heavy atom. The van der Waals surface area contributed by atoms with Crippen LogP contribution in [0.5, 0.6) is 11.5 Å². The van der Waals surface area contributed by atoms with Crippen molar-refractivity contribution in [3.63, 3.8) is 0 Å². The van der Waals surface area contributed by atoms with Crippen LogP contribution >= 0.6 is 0 Å². The van der Waals surface area contributed by atoms with Gasteiger partial charge < -0.3 is 19.1 Å². The summed E-state index contributed by atoms with van der Waals surface area (Å²) in [7, 11) is 1.32. The first-order valence-electron chi connectivity index (χ1n) is 12.3. The van der Waals surface area contributed by atoms with Gasteiger partial charge in [-0.2, -0.15) is 0 Å². The molecule has 2 aromatic carbocycles. The Morgan fingerprint density at radius 3 is 2.68 bits per heavy atom. The molecule has 6 rings (SSSR count). The van der Waals surface area contributed by atoms with E-state index in [9.17, 15) is 19.5 Å². The number of esters is 1. The summed E-state index contributed by atoms with van der Waals surface area (Å²) >= 11 is 0. The van der Waals surface area contributed by atoms with E-state index in [1.54, 1.807) is 48.5 Å². The molecule has 0 amide bonds. The van der Waals surface area contributed by atoms with Crippen molar-refractivity contribution >= 4 is 17.8 Å². The van der Waals surface area contributed by atoms with Crippen molar-refractivity contribution < 1.29 is 24.2 Å². The van der Waals surface area contributed by atoms with E-state index in [1.165, 1.54) is 7.11 Å². The minimum Gasteiger partial charge on any atom is -0.507 e. The number of hydrogen-bond acceptors (Lipinski definition) is 7. The second-order valence-electron chi connectivity index (χ2n) is 9.89. The van der Waals surface area contributed by atoms with Gasteiger partial charge in [0.15, 0.2) is 5.76 Å². The van der Waals surface area contributed by atoms with Crippen LogP contribution in [0.15, 0.2) is 65.2 Å². The molecule has 1 saturated heterocycles. The van der Waals surface area contributed by atoms with Crippen molar-refractivity contribution in [2.45, 2.75) is 25.4 Å². The Morgan fingerprint density at radius 1 is 1.08 bits per heavy atom. The van der Waals surface area contributed by atoms with Crippen LogP contribution in [0.25, 0.3) is 6.08 Å². The highest BCUT2D eigenvalue weighted by Crippen LogP contribution is 2.42. The molecule has 8 nitrogen and oxygen atoms in total. The van der Waals surface area contributed by atoms with Gasteiger partial charge in [0.05, 0.1) is 23.8 Å². The minimum atomic E-state index is -0.433. The molecular weight excluding hydrogens is 472 g/mol. The summed E-state index contributed by atoms with van der Waals surface area (Å²) in [6.07, 6.45) is 2.67. The van der Waals surface area contributed by atoms with Gasteiger partial charge in [0, 0.05) is 43.9 Å². The topological polar surface area (TPSA) is 98.1 Å². The largest absolute Gasteiger partial charge is 0.507 e. The molecule has 1 N–H and O–H groups in total. The lowest BCUT2D eigenvalue weighted by molar-refractivity contribution is 0.0600. The Labute approximate surface area is 213 Å². The summed E-state index contributed by atoms with van der Waals surface area (Å²) in [6.45, 7) is 2.68. The Kier molecular flexibility index (Phi) is 5.68. The number of phenolic OH excluding ortho intramolecular Hbond substituents is 1. The number of phenols is 1. The van der Waals surface area contributed by atoms with E-state index in [1.807, 2.05) is 16.7 Å². The van der Waals surface area contributed by atoms with Crippen LogP contribution in [0, 0.1) is 5.92 Å². The summed E-state index contributed by atoms with van der Waals surface area (Å²) in [6, 6.07) is 15.3. The van der Waals surface area contributed by atoms with E-state index in [4.69, 9.17) is 9.47 Å². The van der Waals surface area contributed by atoms with Crippen LogP contribution in [0.4, 0.5) is 0 Å². The zero-order valence-corrected chi connectivity index (χ0v) is 20.3. The molecule has 2 atom stereocenters. The number of piperidine rings is 1. The van der Waals surface area contributed by atoms with E-state index in [0.29, 0.717) is 47.0 Å². The Balaban J connectivity index is 1.25. The van der Waals surface area contributed by atoms with E-state index in [2.05, 4.69) is 4.90 Å². The molecule has 2 bridgehead atoms. The third kappa shape index (κ3) is 4.13. The van der Waals surface area contributed by atoms with Crippen molar-refractivity contribution in [3.05, 3.63) is 98.7 Å². The maximum absolute atomic E-state index is 13.1. The summed E-state index contributed by atoms with van der Waals surface area (Å²) in [5.74, 6) is 0.533. The standard InChI is InChI=1S/C29H26N2O6/c1-36-29(35)19-7-5-17(6-8-19)12-25-27(34)21-9-10-24(32)22(28(21)37-25)16-30-13-18-11-20(15-30)23-3-2-4-26(33)31(23)14-18/h2-10,12,18,20,32H,11,13-16H2,1H3/b25-12-/t18-,20+/m0/s1. The van der Waals surface area contributed by atoms with Crippen LogP contribution < -0.4 is 10.3 Å². The molecule has 3 aliphatic rings. The summed E-state index contributed by atoms with van der Waals surface area (Å²) in [5.41, 5.74) is 3.22. The highest BCUT2D eigenvalue weighted by molar-refractivity contribution is 6.15. The number of carbonyl (C=O) groups excluding carboxylic acids is 2. The molecule has 4 heterocycles. The third-order valence-electron chi connectivity index (χ3n) is 7.48. The number of ether oxygens (including phenoxy) is 2. The number of aromatic nitrogens is 1. The van der Waals surface area contributed by atoms with Crippen molar-refractivity contribution in [1.82, 2.24) is 9.47 Å². The number of fused-ring (bicyclic) bond motifs is 5. The second-order valence-corrected chi connectivity index (χ2v) is 9.89. The average molecular weight is 499 g/mol. The normalized spacial score (nSPS) is 21.3. The number of likely N-dealkylation sites (tertiary alicyclic amines) is 1. The lowest BCUT2D eigenvalue weighted by Crippen LogP contribution is -2.46. The van der Waals surface area contributed by atoms with E-state index < -0.39 is 5.97 Å². The van der Waals surface area contributed by atoms with Crippen LogP contribution in [0.3, 0.4) is 0 Å². The number of allylic oxidation sites excluding steroid dienone is 1. The molecule has 1 fully saturated rings. The molecule has 8 heteroatoms. The maximum atomic E-state index is 13.1. The number of benzene rings is 2. The predicted molar refractivity (Wildman–Crippen MR) is 136 cm³/mol. The molecule has 0 unspecified atom stereocenters. The van der Waals surface area contributed by atoms with Gasteiger partial charge in [0.2, 0.25) is 5.78 Å². The second kappa shape index (κ2) is 9.05. The van der Waals surface area contributed by atoms with E-state index >= 15 is 0 Å². The number of carbonyl (C=O) groups is 2. The fraction of sp³-hybridized carbons (Fsp3) is 0.276. The molecule has 0 spiro atoms. The Hall–Kier alpha value is -4.17. The number of pyridine rings is 1. The molecule has 1 aromatic heterocycles. The molecule has 37 heavy (non-hydrogen) atoms. The van der Waals surface area contributed by atoms with E-state index in [0.717, 1.165) is 25.2 Å². The lowest BCUT2D eigenvalue weighted by Gasteiger charge is -2.42. The van der Waals surface area contributed by atoms with Gasteiger partial charge >= 0.3 is 5.97 Å². The van der Waals surface area contributed by atoms with Gasteiger partial charge in [-0.3, -0.25) is 14.5 Å². The lowest BCUT2D eigenvalue weighted by atomic mass is 9.83. The average Bonchev–Trinajstić information content (AvgIpc) is 3.21. The van der Waals surface area contributed by atoms with Gasteiger partial charge in [0.25, 0.3) is 5.56 Å². The summed E-state index contributed by atoms with van der Waals surface area (Å²) < 4.78 is 12.6. The van der Waals surface area contributed by atoms with Crippen molar-refractivity contribution in [2.75, 3.05) is 20.2 Å². The number of Topliss-reactive ketones (excluding diaryl/α,β-unsaturated/α-hetero) is 1. The monoisotopic (exact) mass is 498 g/mol. The number of hydrogen-bond donors (Lipinski definition) is 1. The highest BCUT2D eigenvalue weighted by Gasteiger charge is 2.36. The van der Waals surface area contributed by atoms with Crippen molar-refractivity contribution in [2.24, 2.45) is 5.92 Å². The third-order valence-corrected chi connectivity index (χ3v) is 7.48. The first kappa shape index (κ1) is 23.2. The van der Waals surface area contributed by atoms with Gasteiger partial charge in [-0.15, -0.1) is 0 Å². The molecule has 0 aliphatic carbocycles. The molecule has 3 aromatic rings. The Bertz CT molecular complexity index is 1500. The zero-order valence-electron chi connectivity index (χ0n) is 20.3. The number of methoxy groups -OCH3 is 1. The molecule has 188 valence electrons. The van der Waals surface area contributed by atoms with Crippen LogP contribution in [-0.2, 0) is 17.8 Å². The molecular formula is C29H26N2O6. The maximum Gasteiger partial charge on any atom is 0.337 e. The number of rotatable bonds is 4. The van der Waals surface area contributed by atoms with Crippen LogP contribution in [0.2, 0.25) is 0 Å². The number of nitrogens with zero attached hydrogens (tertiary/aromatic N) is 2. The fourth-order valence-corrected chi connectivity index (χ4v) is 5.78. The predicted octanol–water partition coefficient (Wildman–Crippen LogP) is 3.58. The van der Waals surface area contributed by atoms with Gasteiger partial charge in [-0.25, -0.2) is 4.79 Å². The highest BCUT2D eigenvalue weighted by atomic mass is 16.5. The summed E-state index contributed by atoms with van der Waals surface area (Å²) in [5, 5.41) is 10.7. The van der Waals surface area contributed by atoms with Gasteiger partial charge in [0.1, 0.15) is 11.5 Å². The SMILES string of the molecule is COC(=O)c1ccc(/C=C2\Oc3c(ccc(O)c3CN3C[C@@H]4C[C@H](C3)c3cccc(=O)n3C4)C2=O)cc1. The summed E-state index contributed by atoms with van der Waals surface area (Å²) in [4.78, 5) is 39.4. The fourth-order valence-electron chi connectivity index (χ4n) is 5.78. The van der Waals surface area contributed by atoms with Crippen LogP contribution in [-0.4, -0.2) is 46.5 Å². The number of ketones is 1. The van der Waals surface area contributed by atoms with E-state index in [-0.39, 0.29) is 28.8 Å². The molecule has 3 aliphatic heterocycles. The first-order chi connectivity index (χ1) is 17.9. The minimum absolute atomic E-state index is 0.0466. The van der Waals surface area contributed by atoms with Crippen LogP contribution in [0.1, 0.15) is 49.9 Å². The smallest absolute Gasteiger partial charge is 0.337 e. The van der Waals surface area contributed by atoms with Crippen molar-refractivity contribution in [1.29, 1.82) is 0 Å². The molecule has 0 saturated carbocycles. The van der Waals surface area contributed by atoms with Crippen molar-refractivity contribution in [3.8, 4) is 11.5 Å². The number of aromatic hydroxyl groups is 1.